The maximum absolute atomic E-state index is 15.0. The number of aromatic nitrogens is 1. The summed E-state index contributed by atoms with van der Waals surface area (Å²) in [7, 11) is 0. The summed E-state index contributed by atoms with van der Waals surface area (Å²) in [5.41, 5.74) is -3.69. The Bertz CT molecular complexity index is 1920. The highest BCUT2D eigenvalue weighted by Gasteiger charge is 2.57. The van der Waals surface area contributed by atoms with Crippen LogP contribution in [0, 0.1) is 18.3 Å². The molecule has 0 spiro atoms. The van der Waals surface area contributed by atoms with Crippen molar-refractivity contribution in [1.82, 2.24) is 14.8 Å². The molecule has 2 aromatic heterocycles. The number of nitriles is 1. The summed E-state index contributed by atoms with van der Waals surface area (Å²) in [6.45, 7) is 3.61. The summed E-state index contributed by atoms with van der Waals surface area (Å²) in [6.07, 6.45) is -7.11. The molecule has 1 N–H and O–H groups in total. The molecule has 1 aromatic carbocycles. The molecular formula is C38H40F6N4O6S. The van der Waals surface area contributed by atoms with Gasteiger partial charge in [0.05, 0.1) is 35.3 Å². The summed E-state index contributed by atoms with van der Waals surface area (Å²) in [5, 5.41) is 20.7. The predicted octanol–water partition coefficient (Wildman–Crippen LogP) is 8.04. The molecule has 55 heavy (non-hydrogen) atoms. The van der Waals surface area contributed by atoms with E-state index in [0.717, 1.165) is 34.3 Å². The topological polar surface area (TPSA) is 133 Å². The van der Waals surface area contributed by atoms with Crippen LogP contribution in [0.3, 0.4) is 0 Å². The monoisotopic (exact) mass is 794 g/mol. The van der Waals surface area contributed by atoms with E-state index in [1.54, 1.807) is 19.1 Å². The maximum atomic E-state index is 15.0. The number of aliphatic carboxylic acids is 1. The van der Waals surface area contributed by atoms with Crippen molar-refractivity contribution in [2.45, 2.75) is 94.6 Å². The molecule has 10 nitrogen and oxygen atoms in total. The molecule has 0 unspecified atom stereocenters. The summed E-state index contributed by atoms with van der Waals surface area (Å²) < 4.78 is 95.6. The minimum Gasteiger partial charge on any atom is -0.493 e. The number of nitrogens with zero attached hydrogens (tertiary/aromatic N) is 4. The SMILES string of the molecule is CCC[C@H]1N(C(=O)c2cnccc2C(F)(F)F)CCC[C@@]1(Oc1csc(C(F)(F)F)c1)C(=O)N1CCC(C#N)(c2cc(C)ccc2OCCCC(=O)O)CC1. The third kappa shape index (κ3) is 8.84. The van der Waals surface area contributed by atoms with Gasteiger partial charge in [-0.2, -0.15) is 31.6 Å². The molecule has 5 rings (SSSR count). The average Bonchev–Trinajstić information content (AvgIpc) is 3.63. The van der Waals surface area contributed by atoms with Gasteiger partial charge in [-0.05, 0) is 51.2 Å². The van der Waals surface area contributed by atoms with Crippen molar-refractivity contribution >= 4 is 29.1 Å². The molecule has 0 bridgehead atoms. The van der Waals surface area contributed by atoms with Gasteiger partial charge in [-0.25, -0.2) is 0 Å². The number of carboxylic acids is 1. The molecule has 2 atom stereocenters. The van der Waals surface area contributed by atoms with Gasteiger partial charge in [0, 0.05) is 61.9 Å². The number of ether oxygens (including phenoxy) is 2. The van der Waals surface area contributed by atoms with E-state index in [0.29, 0.717) is 35.1 Å². The van der Waals surface area contributed by atoms with Crippen LogP contribution in [0.4, 0.5) is 26.3 Å². The normalized spacial score (nSPS) is 20.1. The number of likely N-dealkylation sites (tertiary alicyclic amines) is 2. The summed E-state index contributed by atoms with van der Waals surface area (Å²) >= 11 is 0.360. The average molecular weight is 795 g/mol. The highest BCUT2D eigenvalue weighted by atomic mass is 32.1. The number of halogens is 6. The first-order valence-electron chi connectivity index (χ1n) is 17.8. The molecule has 0 aliphatic carbocycles. The van der Waals surface area contributed by atoms with Crippen molar-refractivity contribution in [2.24, 2.45) is 0 Å². The molecule has 2 saturated heterocycles. The van der Waals surface area contributed by atoms with E-state index < -0.39 is 63.2 Å². The quantitative estimate of drug-likeness (QED) is 0.144. The third-order valence-electron chi connectivity index (χ3n) is 10.1. The number of carbonyl (C=O) groups excluding carboxylic acids is 2. The number of pyridine rings is 1. The molecule has 17 heteroatoms. The Morgan fingerprint density at radius 2 is 1.78 bits per heavy atom. The van der Waals surface area contributed by atoms with E-state index in [1.807, 2.05) is 13.0 Å². The summed E-state index contributed by atoms with van der Waals surface area (Å²) in [5.74, 6) is -2.56. The number of alkyl halides is 6. The van der Waals surface area contributed by atoms with Crippen LogP contribution in [-0.4, -0.2) is 75.6 Å². The van der Waals surface area contributed by atoms with E-state index in [1.165, 1.54) is 4.90 Å². The second kappa shape index (κ2) is 16.5. The first-order chi connectivity index (χ1) is 26.0. The Morgan fingerprint density at radius 3 is 2.40 bits per heavy atom. The Balaban J connectivity index is 1.51. The summed E-state index contributed by atoms with van der Waals surface area (Å²) in [6, 6.07) is 7.97. The first kappa shape index (κ1) is 41.3. The van der Waals surface area contributed by atoms with Crippen molar-refractivity contribution in [1.29, 1.82) is 5.26 Å². The Kier molecular flexibility index (Phi) is 12.4. The zero-order chi connectivity index (χ0) is 40.2. The standard InChI is InChI=1S/C38H40F6N4O6S/c1-3-6-30-36(54-25-20-31(55-22-25)38(42,43)44,11-5-15-48(30)33(51)26-21-46-14-10-27(26)37(39,40)41)34(52)47-16-12-35(23-45,13-17-47)28-19-24(2)8-9-29(28)53-18-4-7-32(49)50/h8-10,14,19-22,30H,3-7,11-13,15-18H2,1-2H3,(H,49,50)/t30-,36+/m1/s1. The molecule has 4 heterocycles. The van der Waals surface area contributed by atoms with Crippen LogP contribution in [0.2, 0.25) is 0 Å². The second-order valence-corrected chi connectivity index (χ2v) is 14.7. The molecule has 296 valence electrons. The van der Waals surface area contributed by atoms with Gasteiger partial charge in [0.25, 0.3) is 11.8 Å². The van der Waals surface area contributed by atoms with Crippen LogP contribution in [0.1, 0.15) is 90.2 Å². The number of rotatable bonds is 12. The minimum absolute atomic E-state index is 0.00500. The van der Waals surface area contributed by atoms with E-state index in [4.69, 9.17) is 14.6 Å². The molecule has 2 amide bonds. The Morgan fingerprint density at radius 1 is 1.05 bits per heavy atom. The van der Waals surface area contributed by atoms with Gasteiger partial charge in [0.1, 0.15) is 16.4 Å². The highest BCUT2D eigenvalue weighted by molar-refractivity contribution is 7.10. The number of amides is 2. The number of piperidine rings is 2. The second-order valence-electron chi connectivity index (χ2n) is 13.8. The Labute approximate surface area is 317 Å². The summed E-state index contributed by atoms with van der Waals surface area (Å²) in [4.78, 5) is 45.4. The van der Waals surface area contributed by atoms with E-state index in [9.17, 15) is 46.0 Å². The predicted molar refractivity (Wildman–Crippen MR) is 188 cm³/mol. The van der Waals surface area contributed by atoms with Crippen molar-refractivity contribution in [3.05, 3.63) is 75.2 Å². The van der Waals surface area contributed by atoms with Crippen molar-refractivity contribution in [3.8, 4) is 17.6 Å². The molecule has 2 aliphatic heterocycles. The fraction of sp³-hybridized carbons (Fsp3) is 0.500. The number of carboxylic acid groups (broad SMARTS) is 1. The lowest BCUT2D eigenvalue weighted by Crippen LogP contribution is -2.68. The van der Waals surface area contributed by atoms with E-state index in [-0.39, 0.29) is 76.9 Å². The van der Waals surface area contributed by atoms with Gasteiger partial charge in [-0.15, -0.1) is 11.3 Å². The first-order valence-corrected chi connectivity index (χ1v) is 18.7. The lowest BCUT2D eigenvalue weighted by Gasteiger charge is -2.51. The molecule has 2 aliphatic rings. The van der Waals surface area contributed by atoms with Crippen LogP contribution in [-0.2, 0) is 27.4 Å². The molecule has 3 aromatic rings. The van der Waals surface area contributed by atoms with Crippen molar-refractivity contribution < 1.29 is 55.3 Å². The largest absolute Gasteiger partial charge is 0.493 e. The zero-order valence-electron chi connectivity index (χ0n) is 30.1. The third-order valence-corrected chi connectivity index (χ3v) is 11.1. The molecular weight excluding hydrogens is 754 g/mol. The Hall–Kier alpha value is -4.85. The number of hydrogen-bond acceptors (Lipinski definition) is 8. The number of aryl methyl sites for hydroxylation is 1. The van der Waals surface area contributed by atoms with Gasteiger partial charge in [0.2, 0.25) is 5.60 Å². The molecule has 0 radical (unpaired) electrons. The lowest BCUT2D eigenvalue weighted by molar-refractivity contribution is -0.160. The highest BCUT2D eigenvalue weighted by Crippen LogP contribution is 2.45. The molecule has 0 saturated carbocycles. The van der Waals surface area contributed by atoms with Gasteiger partial charge in [-0.3, -0.25) is 19.4 Å². The minimum atomic E-state index is -4.90. The van der Waals surface area contributed by atoms with Crippen LogP contribution >= 0.6 is 11.3 Å². The number of hydrogen-bond donors (Lipinski definition) is 1. The van der Waals surface area contributed by atoms with Crippen LogP contribution in [0.15, 0.2) is 48.1 Å². The van der Waals surface area contributed by atoms with Crippen LogP contribution < -0.4 is 9.47 Å². The van der Waals surface area contributed by atoms with Crippen LogP contribution in [0.5, 0.6) is 11.5 Å². The van der Waals surface area contributed by atoms with E-state index in [2.05, 4.69) is 11.1 Å². The van der Waals surface area contributed by atoms with Gasteiger partial charge < -0.3 is 24.4 Å². The van der Waals surface area contributed by atoms with Gasteiger partial charge in [-0.1, -0.05) is 31.0 Å². The van der Waals surface area contributed by atoms with E-state index >= 15 is 0 Å². The van der Waals surface area contributed by atoms with Gasteiger partial charge in [0.15, 0.2) is 0 Å². The number of thiophene rings is 1. The fourth-order valence-corrected chi connectivity index (χ4v) is 8.13. The zero-order valence-corrected chi connectivity index (χ0v) is 31.0. The van der Waals surface area contributed by atoms with Crippen molar-refractivity contribution in [2.75, 3.05) is 26.2 Å². The molecule has 2 fully saturated rings. The smallest absolute Gasteiger partial charge is 0.425 e. The van der Waals surface area contributed by atoms with Crippen molar-refractivity contribution in [3.63, 3.8) is 0 Å². The van der Waals surface area contributed by atoms with Crippen LogP contribution in [0.25, 0.3) is 0 Å². The van der Waals surface area contributed by atoms with Gasteiger partial charge >= 0.3 is 18.3 Å². The lowest BCUT2D eigenvalue weighted by atomic mass is 9.72. The number of benzene rings is 1. The number of carbonyl (C=O) groups is 3. The maximum Gasteiger partial charge on any atom is 0.425 e. The fourth-order valence-electron chi connectivity index (χ4n) is 7.45.